The van der Waals surface area contributed by atoms with E-state index in [1.165, 1.54) is 16.4 Å². The molecule has 3 aromatic rings. The van der Waals surface area contributed by atoms with Gasteiger partial charge in [-0.05, 0) is 36.1 Å². The van der Waals surface area contributed by atoms with E-state index in [1.54, 1.807) is 23.6 Å². The van der Waals surface area contributed by atoms with Gasteiger partial charge in [-0.15, -0.1) is 11.3 Å². The van der Waals surface area contributed by atoms with Gasteiger partial charge in [0.2, 0.25) is 10.0 Å². The number of sulfonamides is 1. The molecule has 1 aromatic heterocycles. The molecule has 6 nitrogen and oxygen atoms in total. The molecule has 0 aliphatic carbocycles. The van der Waals surface area contributed by atoms with E-state index in [1.807, 2.05) is 36.1 Å². The number of thiophene rings is 1. The molecule has 0 atom stereocenters. The predicted octanol–water partition coefficient (Wildman–Crippen LogP) is 3.64. The zero-order valence-electron chi connectivity index (χ0n) is 17.6. The summed E-state index contributed by atoms with van der Waals surface area (Å²) in [5.41, 5.74) is 2.53. The zero-order valence-corrected chi connectivity index (χ0v) is 19.3. The molecule has 168 valence electrons. The van der Waals surface area contributed by atoms with Crippen LogP contribution in [0.3, 0.4) is 0 Å². The number of carbonyl (C=O) groups excluding carboxylic acids is 1. The number of hydrogen-bond acceptors (Lipinski definition) is 5. The van der Waals surface area contributed by atoms with Gasteiger partial charge >= 0.3 is 0 Å². The Balaban J connectivity index is 1.44. The van der Waals surface area contributed by atoms with Gasteiger partial charge in [-0.2, -0.15) is 4.31 Å². The standard InChI is InChI=1S/C23H24FN3O3S2/c1-17-6-8-18(9-7-17)16-25-23(28)22-21(10-15-31-22)32(29,30)27-13-11-26(12-14-27)20-5-3-2-4-19(20)24/h2-10,15H,11-14,16H2,1H3,(H,25,28). The monoisotopic (exact) mass is 473 g/mol. The summed E-state index contributed by atoms with van der Waals surface area (Å²) in [5, 5.41) is 4.42. The van der Waals surface area contributed by atoms with Crippen molar-refractivity contribution in [1.82, 2.24) is 9.62 Å². The molecule has 9 heteroatoms. The highest BCUT2D eigenvalue weighted by atomic mass is 32.2. The van der Waals surface area contributed by atoms with Crippen LogP contribution in [-0.4, -0.2) is 44.8 Å². The van der Waals surface area contributed by atoms with Gasteiger partial charge in [0, 0.05) is 32.7 Å². The van der Waals surface area contributed by atoms with E-state index in [-0.39, 0.29) is 28.7 Å². The number of para-hydroxylation sites is 1. The van der Waals surface area contributed by atoms with Gasteiger partial charge in [0.1, 0.15) is 15.6 Å². The lowest BCUT2D eigenvalue weighted by Gasteiger charge is -2.35. The summed E-state index contributed by atoms with van der Waals surface area (Å²) >= 11 is 1.11. The van der Waals surface area contributed by atoms with Crippen LogP contribution in [0.1, 0.15) is 20.8 Å². The molecule has 1 aliphatic rings. The molecule has 0 bridgehead atoms. The predicted molar refractivity (Wildman–Crippen MR) is 124 cm³/mol. The molecule has 0 unspecified atom stereocenters. The van der Waals surface area contributed by atoms with Crippen LogP contribution in [0.5, 0.6) is 0 Å². The Labute approximate surface area is 191 Å². The number of rotatable bonds is 6. The molecule has 0 radical (unpaired) electrons. The number of carbonyl (C=O) groups is 1. The highest BCUT2D eigenvalue weighted by Crippen LogP contribution is 2.27. The van der Waals surface area contributed by atoms with E-state index in [0.29, 0.717) is 25.3 Å². The van der Waals surface area contributed by atoms with E-state index >= 15 is 0 Å². The molecular weight excluding hydrogens is 449 g/mol. The highest BCUT2D eigenvalue weighted by Gasteiger charge is 2.33. The number of amides is 1. The summed E-state index contributed by atoms with van der Waals surface area (Å²) in [6.45, 7) is 3.49. The molecular formula is C23H24FN3O3S2. The van der Waals surface area contributed by atoms with Crippen molar-refractivity contribution < 1.29 is 17.6 Å². The number of anilines is 1. The summed E-state index contributed by atoms with van der Waals surface area (Å²) in [7, 11) is -3.84. The topological polar surface area (TPSA) is 69.7 Å². The van der Waals surface area contributed by atoms with Gasteiger partial charge in [0.15, 0.2) is 0 Å². The van der Waals surface area contributed by atoms with Gasteiger partial charge in [-0.3, -0.25) is 4.79 Å². The van der Waals surface area contributed by atoms with E-state index in [4.69, 9.17) is 0 Å². The van der Waals surface area contributed by atoms with E-state index in [0.717, 1.165) is 22.5 Å². The average molecular weight is 474 g/mol. The van der Waals surface area contributed by atoms with Crippen molar-refractivity contribution >= 4 is 33.0 Å². The van der Waals surface area contributed by atoms with Gasteiger partial charge < -0.3 is 10.2 Å². The molecule has 1 N–H and O–H groups in total. The van der Waals surface area contributed by atoms with Crippen molar-refractivity contribution in [2.24, 2.45) is 0 Å². The molecule has 4 rings (SSSR count). The van der Waals surface area contributed by atoms with Gasteiger partial charge in [0.05, 0.1) is 5.69 Å². The average Bonchev–Trinajstić information content (AvgIpc) is 3.30. The fourth-order valence-corrected chi connectivity index (χ4v) is 6.39. The Morgan fingerprint density at radius 1 is 1.03 bits per heavy atom. The quantitative estimate of drug-likeness (QED) is 0.594. The third kappa shape index (κ3) is 4.69. The number of nitrogens with zero attached hydrogens (tertiary/aromatic N) is 2. The molecule has 32 heavy (non-hydrogen) atoms. The Morgan fingerprint density at radius 3 is 2.41 bits per heavy atom. The van der Waals surface area contributed by atoms with Crippen molar-refractivity contribution in [3.8, 4) is 0 Å². The van der Waals surface area contributed by atoms with Crippen molar-refractivity contribution in [3.05, 3.63) is 81.8 Å². The number of aryl methyl sites for hydroxylation is 1. The first-order chi connectivity index (χ1) is 15.4. The Morgan fingerprint density at radius 2 is 1.72 bits per heavy atom. The van der Waals surface area contributed by atoms with Crippen LogP contribution >= 0.6 is 11.3 Å². The molecule has 1 saturated heterocycles. The Kier molecular flexibility index (Phi) is 6.59. The van der Waals surface area contributed by atoms with Gasteiger partial charge in [0.25, 0.3) is 5.91 Å². The smallest absolute Gasteiger partial charge is 0.263 e. The van der Waals surface area contributed by atoms with E-state index < -0.39 is 15.9 Å². The minimum Gasteiger partial charge on any atom is -0.367 e. The Hall–Kier alpha value is -2.75. The third-order valence-electron chi connectivity index (χ3n) is 5.46. The van der Waals surface area contributed by atoms with Crippen molar-refractivity contribution in [1.29, 1.82) is 0 Å². The number of halogens is 1. The van der Waals surface area contributed by atoms with E-state index in [2.05, 4.69) is 5.32 Å². The van der Waals surface area contributed by atoms with Crippen LogP contribution < -0.4 is 10.2 Å². The number of nitrogens with one attached hydrogen (secondary N) is 1. The first kappa shape index (κ1) is 22.4. The molecule has 1 fully saturated rings. The molecule has 0 spiro atoms. The van der Waals surface area contributed by atoms with Crippen LogP contribution in [0.2, 0.25) is 0 Å². The Bertz CT molecular complexity index is 1200. The van der Waals surface area contributed by atoms with Crippen molar-refractivity contribution in [2.75, 3.05) is 31.1 Å². The lowest BCUT2D eigenvalue weighted by Crippen LogP contribution is -2.49. The fourth-order valence-electron chi connectivity index (χ4n) is 3.65. The fraction of sp³-hybridized carbons (Fsp3) is 0.261. The summed E-state index contributed by atoms with van der Waals surface area (Å²) in [5.74, 6) is -0.738. The number of piperazine rings is 1. The summed E-state index contributed by atoms with van der Waals surface area (Å²) < 4.78 is 41.9. The van der Waals surface area contributed by atoms with Crippen LogP contribution in [0.25, 0.3) is 0 Å². The van der Waals surface area contributed by atoms with Gasteiger partial charge in [-0.1, -0.05) is 42.0 Å². The van der Waals surface area contributed by atoms with Crippen LogP contribution in [0.4, 0.5) is 10.1 Å². The maximum Gasteiger partial charge on any atom is 0.263 e. The molecule has 0 saturated carbocycles. The minimum atomic E-state index is -3.84. The van der Waals surface area contributed by atoms with E-state index in [9.17, 15) is 17.6 Å². The molecule has 2 aromatic carbocycles. The summed E-state index contributed by atoms with van der Waals surface area (Å²) in [6, 6.07) is 15.7. The van der Waals surface area contributed by atoms with Gasteiger partial charge in [-0.25, -0.2) is 12.8 Å². The van der Waals surface area contributed by atoms with Crippen LogP contribution in [0, 0.1) is 12.7 Å². The maximum absolute atomic E-state index is 14.1. The zero-order chi connectivity index (χ0) is 22.7. The second-order valence-electron chi connectivity index (χ2n) is 7.62. The summed E-state index contributed by atoms with van der Waals surface area (Å²) in [4.78, 5) is 14.8. The largest absolute Gasteiger partial charge is 0.367 e. The second-order valence-corrected chi connectivity index (χ2v) is 10.4. The number of benzene rings is 2. The van der Waals surface area contributed by atoms with Crippen LogP contribution in [0.15, 0.2) is 64.9 Å². The van der Waals surface area contributed by atoms with Crippen molar-refractivity contribution in [3.63, 3.8) is 0 Å². The van der Waals surface area contributed by atoms with Crippen LogP contribution in [-0.2, 0) is 16.6 Å². The lowest BCUT2D eigenvalue weighted by atomic mass is 10.1. The summed E-state index contributed by atoms with van der Waals surface area (Å²) in [6.07, 6.45) is 0. The molecule has 2 heterocycles. The van der Waals surface area contributed by atoms with Crippen molar-refractivity contribution in [2.45, 2.75) is 18.4 Å². The molecule has 1 aliphatic heterocycles. The SMILES string of the molecule is Cc1ccc(CNC(=O)c2sccc2S(=O)(=O)N2CCN(c3ccccc3F)CC2)cc1. The third-order valence-corrected chi connectivity index (χ3v) is 8.44. The highest BCUT2D eigenvalue weighted by molar-refractivity contribution is 7.89. The maximum atomic E-state index is 14.1. The normalized spacial score (nSPS) is 15.0. The lowest BCUT2D eigenvalue weighted by molar-refractivity contribution is 0.0952. The number of hydrogen-bond donors (Lipinski definition) is 1. The molecule has 1 amide bonds. The first-order valence-corrected chi connectivity index (χ1v) is 12.6. The minimum absolute atomic E-state index is 0.0169. The second kappa shape index (κ2) is 9.40. The first-order valence-electron chi connectivity index (χ1n) is 10.3.